The maximum absolute atomic E-state index is 12.5. The molecule has 2 rings (SSSR count). The monoisotopic (exact) mass is 410 g/mol. The van der Waals surface area contributed by atoms with Gasteiger partial charge in [0.15, 0.2) is 6.61 Å². The van der Waals surface area contributed by atoms with E-state index < -0.39 is 24.7 Å². The smallest absolute Gasteiger partial charge is 0.422 e. The summed E-state index contributed by atoms with van der Waals surface area (Å²) in [4.78, 5) is 31.8. The van der Waals surface area contributed by atoms with E-state index in [9.17, 15) is 22.8 Å². The predicted octanol–water partition coefficient (Wildman–Crippen LogP) is 3.57. The van der Waals surface area contributed by atoms with Crippen molar-refractivity contribution in [3.8, 4) is 5.88 Å². The number of halogens is 3. The molecule has 2 heterocycles. The van der Waals surface area contributed by atoms with Gasteiger partial charge in [-0.1, -0.05) is 6.92 Å². The lowest BCUT2D eigenvalue weighted by molar-refractivity contribution is -0.154. The van der Waals surface area contributed by atoms with Crippen LogP contribution in [0, 0.1) is 6.92 Å². The number of nitrogens with one attached hydrogen (secondary N) is 2. The van der Waals surface area contributed by atoms with E-state index in [4.69, 9.17) is 0 Å². The summed E-state index contributed by atoms with van der Waals surface area (Å²) in [5.41, 5.74) is 1.21. The molecule has 29 heavy (non-hydrogen) atoms. The Labute approximate surface area is 165 Å². The SMILES string of the molecule is CCC(=O)Nc1cc(C(C)NC(=O)c2cnc(OCC(F)(F)F)c(C)c2)ccn1. The van der Waals surface area contributed by atoms with Crippen LogP contribution in [0.4, 0.5) is 19.0 Å². The molecule has 156 valence electrons. The van der Waals surface area contributed by atoms with Crippen LogP contribution in [0.15, 0.2) is 30.6 Å². The summed E-state index contributed by atoms with van der Waals surface area (Å²) in [6.07, 6.45) is -1.49. The zero-order valence-electron chi connectivity index (χ0n) is 16.1. The molecule has 7 nitrogen and oxygen atoms in total. The number of carbonyl (C=O) groups excluding carboxylic acids is 2. The minimum atomic E-state index is -4.47. The van der Waals surface area contributed by atoms with Crippen molar-refractivity contribution in [3.05, 3.63) is 47.3 Å². The first-order chi connectivity index (χ1) is 13.6. The lowest BCUT2D eigenvalue weighted by Crippen LogP contribution is -2.27. The Morgan fingerprint density at radius 1 is 1.24 bits per heavy atom. The molecule has 10 heteroatoms. The van der Waals surface area contributed by atoms with Crippen molar-refractivity contribution in [2.75, 3.05) is 11.9 Å². The molecule has 0 bridgehead atoms. The highest BCUT2D eigenvalue weighted by molar-refractivity contribution is 5.94. The van der Waals surface area contributed by atoms with Crippen molar-refractivity contribution in [2.45, 2.75) is 39.4 Å². The number of alkyl halides is 3. The van der Waals surface area contributed by atoms with Crippen LogP contribution < -0.4 is 15.4 Å². The second kappa shape index (κ2) is 9.35. The summed E-state index contributed by atoms with van der Waals surface area (Å²) < 4.78 is 41.4. The van der Waals surface area contributed by atoms with Crippen LogP contribution in [-0.4, -0.2) is 34.6 Å². The number of hydrogen-bond donors (Lipinski definition) is 2. The van der Waals surface area contributed by atoms with E-state index in [-0.39, 0.29) is 17.4 Å². The molecule has 0 spiro atoms. The second-order valence-electron chi connectivity index (χ2n) is 6.32. The van der Waals surface area contributed by atoms with Crippen LogP contribution in [0.5, 0.6) is 5.88 Å². The van der Waals surface area contributed by atoms with E-state index in [0.717, 1.165) is 11.8 Å². The predicted molar refractivity (Wildman–Crippen MR) is 99.6 cm³/mol. The number of aromatic nitrogens is 2. The third-order valence-electron chi connectivity index (χ3n) is 3.89. The fraction of sp³-hybridized carbons (Fsp3) is 0.368. The maximum atomic E-state index is 12.5. The number of rotatable bonds is 7. The molecular weight excluding hydrogens is 389 g/mol. The summed E-state index contributed by atoms with van der Waals surface area (Å²) in [7, 11) is 0. The van der Waals surface area contributed by atoms with Crippen molar-refractivity contribution in [1.29, 1.82) is 0 Å². The number of hydrogen-bond acceptors (Lipinski definition) is 5. The largest absolute Gasteiger partial charge is 0.468 e. The standard InChI is InChI=1S/C19H21F3N4O3/c1-4-16(27)26-15-8-13(5-6-23-15)12(3)25-17(28)14-7-11(2)18(24-9-14)29-10-19(20,21)22/h5-9,12H,4,10H2,1-3H3,(H,25,28)(H,23,26,27). The van der Waals surface area contributed by atoms with Gasteiger partial charge in [-0.2, -0.15) is 13.2 Å². The third kappa shape index (κ3) is 6.74. The molecule has 0 aliphatic heterocycles. The molecule has 1 unspecified atom stereocenters. The first kappa shape index (κ1) is 22.1. The molecule has 0 aliphatic carbocycles. The van der Waals surface area contributed by atoms with E-state index in [2.05, 4.69) is 25.3 Å². The van der Waals surface area contributed by atoms with E-state index in [1.807, 2.05) is 0 Å². The first-order valence-corrected chi connectivity index (χ1v) is 8.82. The summed E-state index contributed by atoms with van der Waals surface area (Å²) in [6.45, 7) is 3.52. The van der Waals surface area contributed by atoms with Crippen LogP contribution in [0.3, 0.4) is 0 Å². The number of nitrogens with zero attached hydrogens (tertiary/aromatic N) is 2. The Hall–Kier alpha value is -3.17. The minimum absolute atomic E-state index is 0.180. The number of aryl methyl sites for hydroxylation is 1. The highest BCUT2D eigenvalue weighted by Gasteiger charge is 2.29. The van der Waals surface area contributed by atoms with Crippen LogP contribution in [0.25, 0.3) is 0 Å². The maximum Gasteiger partial charge on any atom is 0.422 e. The molecule has 0 radical (unpaired) electrons. The molecule has 0 aliphatic rings. The van der Waals surface area contributed by atoms with Gasteiger partial charge in [0, 0.05) is 24.4 Å². The lowest BCUT2D eigenvalue weighted by atomic mass is 10.1. The van der Waals surface area contributed by atoms with Crippen LogP contribution in [0.2, 0.25) is 0 Å². The van der Waals surface area contributed by atoms with Gasteiger partial charge >= 0.3 is 6.18 Å². The van der Waals surface area contributed by atoms with E-state index in [1.54, 1.807) is 26.0 Å². The minimum Gasteiger partial charge on any atom is -0.468 e. The fourth-order valence-corrected chi connectivity index (χ4v) is 2.37. The summed E-state index contributed by atoms with van der Waals surface area (Å²) in [6, 6.07) is 4.34. The average molecular weight is 410 g/mol. The van der Waals surface area contributed by atoms with Gasteiger partial charge in [0.1, 0.15) is 5.82 Å². The molecule has 2 aromatic heterocycles. The third-order valence-corrected chi connectivity index (χ3v) is 3.89. The van der Waals surface area contributed by atoms with Gasteiger partial charge in [-0.3, -0.25) is 9.59 Å². The molecule has 0 fully saturated rings. The quantitative estimate of drug-likeness (QED) is 0.728. The van der Waals surface area contributed by atoms with Crippen LogP contribution in [-0.2, 0) is 4.79 Å². The lowest BCUT2D eigenvalue weighted by Gasteiger charge is -2.16. The normalized spacial score (nSPS) is 12.2. The Bertz CT molecular complexity index is 887. The Morgan fingerprint density at radius 3 is 2.59 bits per heavy atom. The van der Waals surface area contributed by atoms with E-state index >= 15 is 0 Å². The van der Waals surface area contributed by atoms with Crippen molar-refractivity contribution >= 4 is 17.6 Å². The van der Waals surface area contributed by atoms with E-state index in [1.165, 1.54) is 19.2 Å². The van der Waals surface area contributed by atoms with E-state index in [0.29, 0.717) is 17.8 Å². The second-order valence-corrected chi connectivity index (χ2v) is 6.32. The number of pyridine rings is 2. The Morgan fingerprint density at radius 2 is 1.97 bits per heavy atom. The number of anilines is 1. The zero-order valence-corrected chi connectivity index (χ0v) is 16.1. The zero-order chi connectivity index (χ0) is 21.6. The average Bonchev–Trinajstić information content (AvgIpc) is 2.66. The fourth-order valence-electron chi connectivity index (χ4n) is 2.37. The molecule has 0 saturated heterocycles. The summed E-state index contributed by atoms with van der Waals surface area (Å²) in [5.74, 6) is -0.441. The Kier molecular flexibility index (Phi) is 7.13. The highest BCUT2D eigenvalue weighted by Crippen LogP contribution is 2.21. The van der Waals surface area contributed by atoms with Gasteiger partial charge in [-0.25, -0.2) is 9.97 Å². The van der Waals surface area contributed by atoms with Crippen molar-refractivity contribution < 1.29 is 27.5 Å². The van der Waals surface area contributed by atoms with Gasteiger partial charge in [0.2, 0.25) is 11.8 Å². The molecular formula is C19H21F3N4O3. The molecule has 0 aromatic carbocycles. The van der Waals surface area contributed by atoms with Gasteiger partial charge < -0.3 is 15.4 Å². The molecule has 1 atom stereocenters. The molecule has 2 N–H and O–H groups in total. The van der Waals surface area contributed by atoms with Gasteiger partial charge in [0.25, 0.3) is 5.91 Å². The van der Waals surface area contributed by atoms with Crippen LogP contribution >= 0.6 is 0 Å². The summed E-state index contributed by atoms with van der Waals surface area (Å²) >= 11 is 0. The van der Waals surface area contributed by atoms with Gasteiger partial charge in [-0.05, 0) is 37.6 Å². The van der Waals surface area contributed by atoms with Gasteiger partial charge in [-0.15, -0.1) is 0 Å². The molecule has 2 aromatic rings. The van der Waals surface area contributed by atoms with Crippen molar-refractivity contribution in [3.63, 3.8) is 0 Å². The molecule has 0 saturated carbocycles. The van der Waals surface area contributed by atoms with Crippen molar-refractivity contribution in [1.82, 2.24) is 15.3 Å². The Balaban J connectivity index is 2.05. The van der Waals surface area contributed by atoms with Gasteiger partial charge in [0.05, 0.1) is 11.6 Å². The van der Waals surface area contributed by atoms with Crippen LogP contribution in [0.1, 0.15) is 47.8 Å². The number of ether oxygens (including phenoxy) is 1. The number of carbonyl (C=O) groups is 2. The summed E-state index contributed by atoms with van der Waals surface area (Å²) in [5, 5.41) is 5.41. The molecule has 2 amide bonds. The highest BCUT2D eigenvalue weighted by atomic mass is 19.4. The number of amides is 2. The topological polar surface area (TPSA) is 93.2 Å². The van der Waals surface area contributed by atoms with Crippen molar-refractivity contribution in [2.24, 2.45) is 0 Å². The first-order valence-electron chi connectivity index (χ1n) is 8.82.